The summed E-state index contributed by atoms with van der Waals surface area (Å²) in [5.41, 5.74) is 4.49. The van der Waals surface area contributed by atoms with Crippen LogP contribution in [0.3, 0.4) is 0 Å². The van der Waals surface area contributed by atoms with Crippen LogP contribution in [0, 0.1) is 0 Å². The number of hydrogen-bond acceptors (Lipinski definition) is 5. The SMILES string of the molecule is CCOCCN(CCOCC)CC(C)(N)C(=O)O. The minimum absolute atomic E-state index is 0.280. The highest BCUT2D eigenvalue weighted by Gasteiger charge is 2.30. The van der Waals surface area contributed by atoms with Crippen LogP contribution in [0.5, 0.6) is 0 Å². The number of nitrogens with two attached hydrogens (primary N) is 1. The van der Waals surface area contributed by atoms with Crippen LogP contribution in [0.1, 0.15) is 20.8 Å². The maximum Gasteiger partial charge on any atom is 0.324 e. The number of ether oxygens (including phenoxy) is 2. The van der Waals surface area contributed by atoms with Gasteiger partial charge in [0, 0.05) is 32.8 Å². The summed E-state index contributed by atoms with van der Waals surface area (Å²) >= 11 is 0. The second-order valence-corrected chi connectivity index (χ2v) is 4.39. The lowest BCUT2D eigenvalue weighted by atomic mass is 10.0. The molecule has 6 heteroatoms. The van der Waals surface area contributed by atoms with Gasteiger partial charge in [0.15, 0.2) is 0 Å². The summed E-state index contributed by atoms with van der Waals surface area (Å²) in [6, 6.07) is 0. The lowest BCUT2D eigenvalue weighted by molar-refractivity contribution is -0.143. The molecule has 0 aliphatic heterocycles. The molecule has 0 aromatic heterocycles. The molecule has 0 aromatic carbocycles. The smallest absolute Gasteiger partial charge is 0.324 e. The maximum atomic E-state index is 11.0. The van der Waals surface area contributed by atoms with Gasteiger partial charge >= 0.3 is 5.97 Å². The molecule has 108 valence electrons. The predicted octanol–water partition coefficient (Wildman–Crippen LogP) is 0.163. The largest absolute Gasteiger partial charge is 0.480 e. The molecule has 0 saturated carbocycles. The zero-order valence-corrected chi connectivity index (χ0v) is 11.6. The zero-order valence-electron chi connectivity index (χ0n) is 11.6. The normalized spacial score (nSPS) is 14.7. The molecule has 3 N–H and O–H groups in total. The van der Waals surface area contributed by atoms with Gasteiger partial charge in [-0.2, -0.15) is 0 Å². The van der Waals surface area contributed by atoms with Crippen LogP contribution in [-0.4, -0.2) is 67.6 Å². The number of carbonyl (C=O) groups is 1. The fourth-order valence-electron chi connectivity index (χ4n) is 1.48. The Kier molecular flexibility index (Phi) is 8.91. The Morgan fingerprint density at radius 3 is 2.00 bits per heavy atom. The van der Waals surface area contributed by atoms with E-state index in [1.165, 1.54) is 6.92 Å². The molecular weight excluding hydrogens is 236 g/mol. The topological polar surface area (TPSA) is 85.0 Å². The highest BCUT2D eigenvalue weighted by atomic mass is 16.5. The molecule has 0 aliphatic carbocycles. The molecule has 0 saturated heterocycles. The van der Waals surface area contributed by atoms with E-state index < -0.39 is 11.5 Å². The molecule has 6 nitrogen and oxygen atoms in total. The Hall–Kier alpha value is -0.690. The number of nitrogens with zero attached hydrogens (tertiary/aromatic N) is 1. The van der Waals surface area contributed by atoms with Gasteiger partial charge in [0.25, 0.3) is 0 Å². The molecule has 0 heterocycles. The third-order valence-electron chi connectivity index (χ3n) is 2.55. The highest BCUT2D eigenvalue weighted by molar-refractivity contribution is 5.78. The van der Waals surface area contributed by atoms with E-state index in [1.54, 1.807) is 0 Å². The second kappa shape index (κ2) is 9.27. The van der Waals surface area contributed by atoms with Crippen LogP contribution >= 0.6 is 0 Å². The van der Waals surface area contributed by atoms with E-state index >= 15 is 0 Å². The lowest BCUT2D eigenvalue weighted by Crippen LogP contribution is -2.54. The third-order valence-corrected chi connectivity index (χ3v) is 2.55. The summed E-state index contributed by atoms with van der Waals surface area (Å²) in [6.45, 7) is 9.39. The monoisotopic (exact) mass is 262 g/mol. The number of hydrogen-bond donors (Lipinski definition) is 2. The summed E-state index contributed by atoms with van der Waals surface area (Å²) in [5.74, 6) is -1.000. The Morgan fingerprint density at radius 2 is 1.67 bits per heavy atom. The Labute approximate surface area is 109 Å². The van der Waals surface area contributed by atoms with Crippen molar-refractivity contribution in [2.45, 2.75) is 26.3 Å². The second-order valence-electron chi connectivity index (χ2n) is 4.39. The van der Waals surface area contributed by atoms with Gasteiger partial charge in [-0.05, 0) is 20.8 Å². The number of aliphatic carboxylic acids is 1. The molecule has 0 spiro atoms. The molecule has 0 fully saturated rings. The fourth-order valence-corrected chi connectivity index (χ4v) is 1.48. The first-order valence-electron chi connectivity index (χ1n) is 6.34. The zero-order chi connectivity index (χ0) is 14.0. The predicted molar refractivity (Wildman–Crippen MR) is 69.7 cm³/mol. The van der Waals surface area contributed by atoms with Crippen molar-refractivity contribution in [2.24, 2.45) is 5.73 Å². The summed E-state index contributed by atoms with van der Waals surface area (Å²) in [7, 11) is 0. The van der Waals surface area contributed by atoms with Crippen molar-refractivity contribution < 1.29 is 19.4 Å². The molecule has 0 rings (SSSR count). The van der Waals surface area contributed by atoms with E-state index in [0.29, 0.717) is 39.5 Å². The molecule has 1 atom stereocenters. The summed E-state index contributed by atoms with van der Waals surface area (Å²) in [4.78, 5) is 13.0. The van der Waals surface area contributed by atoms with Crippen LogP contribution in [0.25, 0.3) is 0 Å². The molecule has 0 aromatic rings. The first-order chi connectivity index (χ1) is 8.44. The van der Waals surface area contributed by atoms with E-state index in [2.05, 4.69) is 0 Å². The number of rotatable bonds is 11. The van der Waals surface area contributed by atoms with Gasteiger partial charge < -0.3 is 20.3 Å². The van der Waals surface area contributed by atoms with E-state index in [4.69, 9.17) is 20.3 Å². The van der Waals surface area contributed by atoms with Crippen molar-refractivity contribution in [3.63, 3.8) is 0 Å². The van der Waals surface area contributed by atoms with Crippen molar-refractivity contribution in [1.82, 2.24) is 4.90 Å². The fraction of sp³-hybridized carbons (Fsp3) is 0.917. The average Bonchev–Trinajstić information content (AvgIpc) is 2.28. The van der Waals surface area contributed by atoms with Crippen LogP contribution in [0.2, 0.25) is 0 Å². The molecule has 0 aliphatic rings. The van der Waals surface area contributed by atoms with Gasteiger partial charge in [-0.3, -0.25) is 9.69 Å². The minimum atomic E-state index is -1.25. The molecule has 1 unspecified atom stereocenters. The van der Waals surface area contributed by atoms with E-state index in [1.807, 2.05) is 18.7 Å². The van der Waals surface area contributed by atoms with Crippen molar-refractivity contribution in [3.05, 3.63) is 0 Å². The van der Waals surface area contributed by atoms with E-state index in [9.17, 15) is 4.79 Å². The molecule has 0 radical (unpaired) electrons. The first kappa shape index (κ1) is 17.3. The van der Waals surface area contributed by atoms with Gasteiger partial charge in [0.05, 0.1) is 13.2 Å². The van der Waals surface area contributed by atoms with Gasteiger partial charge in [0.2, 0.25) is 0 Å². The highest BCUT2D eigenvalue weighted by Crippen LogP contribution is 2.04. The van der Waals surface area contributed by atoms with Crippen molar-refractivity contribution in [1.29, 1.82) is 0 Å². The minimum Gasteiger partial charge on any atom is -0.480 e. The van der Waals surface area contributed by atoms with Crippen molar-refractivity contribution in [2.75, 3.05) is 46.1 Å². The maximum absolute atomic E-state index is 11.0. The van der Waals surface area contributed by atoms with Gasteiger partial charge in [-0.1, -0.05) is 0 Å². The lowest BCUT2D eigenvalue weighted by Gasteiger charge is -2.29. The van der Waals surface area contributed by atoms with Crippen LogP contribution in [-0.2, 0) is 14.3 Å². The molecular formula is C12H26N2O4. The summed E-state index contributed by atoms with van der Waals surface area (Å²) in [6.07, 6.45) is 0. The Balaban J connectivity index is 4.22. The molecule has 18 heavy (non-hydrogen) atoms. The van der Waals surface area contributed by atoms with E-state index in [-0.39, 0.29) is 6.54 Å². The summed E-state index contributed by atoms with van der Waals surface area (Å²) in [5, 5.41) is 9.02. The van der Waals surface area contributed by atoms with Crippen LogP contribution < -0.4 is 5.73 Å². The molecule has 0 bridgehead atoms. The first-order valence-corrected chi connectivity index (χ1v) is 6.34. The number of carboxylic acids is 1. The average molecular weight is 262 g/mol. The summed E-state index contributed by atoms with van der Waals surface area (Å²) < 4.78 is 10.5. The quantitative estimate of drug-likeness (QED) is 0.516. The van der Waals surface area contributed by atoms with Gasteiger partial charge in [-0.25, -0.2) is 0 Å². The van der Waals surface area contributed by atoms with Crippen molar-refractivity contribution >= 4 is 5.97 Å². The van der Waals surface area contributed by atoms with E-state index in [0.717, 1.165) is 0 Å². The molecule has 0 amide bonds. The number of carboxylic acid groups (broad SMARTS) is 1. The van der Waals surface area contributed by atoms with Crippen molar-refractivity contribution in [3.8, 4) is 0 Å². The Bertz CT molecular complexity index is 224. The van der Waals surface area contributed by atoms with Gasteiger partial charge in [-0.15, -0.1) is 0 Å². The van der Waals surface area contributed by atoms with Crippen LogP contribution in [0.4, 0.5) is 0 Å². The Morgan fingerprint density at radius 1 is 1.22 bits per heavy atom. The standard InChI is InChI=1S/C12H26N2O4/c1-4-17-8-6-14(7-9-18-5-2)10-12(3,13)11(15)16/h4-10,13H2,1-3H3,(H,15,16). The van der Waals surface area contributed by atoms with Crippen LogP contribution in [0.15, 0.2) is 0 Å². The van der Waals surface area contributed by atoms with Gasteiger partial charge in [0.1, 0.15) is 5.54 Å². The third kappa shape index (κ3) is 7.60.